The third kappa shape index (κ3) is 5.34. The number of aromatic nitrogens is 2. The smallest absolute Gasteiger partial charge is 0.242 e. The monoisotopic (exact) mass is 866 g/mol. The van der Waals surface area contributed by atoms with Crippen LogP contribution in [0.3, 0.4) is 0 Å². The third-order valence-electron chi connectivity index (χ3n) is 12.6. The van der Waals surface area contributed by atoms with Crippen LogP contribution in [0.15, 0.2) is 76.8 Å². The van der Waals surface area contributed by atoms with Gasteiger partial charge in [0.05, 0.1) is 40.8 Å². The van der Waals surface area contributed by atoms with Gasteiger partial charge in [0, 0.05) is 44.4 Å². The highest BCUT2D eigenvalue weighted by atomic mass is 79.9. The maximum Gasteiger partial charge on any atom is 0.242 e. The molecule has 2 saturated heterocycles. The number of phenolic OH excluding ortho intramolecular Hbond substituents is 1. The van der Waals surface area contributed by atoms with E-state index < -0.39 is 52.7 Å². The Bertz CT molecular complexity index is 2670. The van der Waals surface area contributed by atoms with Crippen molar-refractivity contribution in [3.63, 3.8) is 0 Å². The lowest BCUT2D eigenvalue weighted by Gasteiger charge is -2.49. The number of anilines is 2. The summed E-state index contributed by atoms with van der Waals surface area (Å²) in [6.07, 6.45) is 2.28. The molecular formula is C43H36BrClN4O7S. The van der Waals surface area contributed by atoms with Crippen LogP contribution in [-0.4, -0.2) is 51.4 Å². The van der Waals surface area contributed by atoms with Gasteiger partial charge in [0.15, 0.2) is 17.3 Å². The molecule has 3 aromatic carbocycles. The number of fused-ring (bicyclic) bond motifs is 5. The molecule has 11 nitrogen and oxygen atoms in total. The second kappa shape index (κ2) is 13.2. The molecule has 14 heteroatoms. The summed E-state index contributed by atoms with van der Waals surface area (Å²) in [7, 11) is 3.13. The van der Waals surface area contributed by atoms with Crippen molar-refractivity contribution in [2.24, 2.45) is 36.1 Å². The van der Waals surface area contributed by atoms with E-state index in [4.69, 9.17) is 21.4 Å². The quantitative estimate of drug-likeness (QED) is 0.102. The van der Waals surface area contributed by atoms with Gasteiger partial charge in [-0.2, -0.15) is 5.10 Å². The number of phenols is 1. The number of methoxy groups -OCH3 is 1. The number of imide groups is 2. The van der Waals surface area contributed by atoms with Gasteiger partial charge in [-0.25, -0.2) is 4.90 Å². The van der Waals surface area contributed by atoms with Crippen LogP contribution in [0.2, 0.25) is 5.02 Å². The Balaban J connectivity index is 1.16. The molecule has 1 saturated carbocycles. The van der Waals surface area contributed by atoms with Crippen LogP contribution < -0.4 is 14.5 Å². The van der Waals surface area contributed by atoms with Gasteiger partial charge in [-0.3, -0.25) is 33.6 Å². The number of carbonyl (C=O) groups is 5. The van der Waals surface area contributed by atoms with E-state index in [1.165, 1.54) is 28.5 Å². The molecule has 57 heavy (non-hydrogen) atoms. The van der Waals surface area contributed by atoms with Gasteiger partial charge in [0.2, 0.25) is 23.6 Å². The molecular weight excluding hydrogens is 832 g/mol. The molecule has 6 atom stereocenters. The Labute approximate surface area is 345 Å². The van der Waals surface area contributed by atoms with E-state index in [0.29, 0.717) is 43.4 Å². The van der Waals surface area contributed by atoms with E-state index in [0.717, 1.165) is 20.5 Å². The van der Waals surface area contributed by atoms with Gasteiger partial charge in [-0.15, -0.1) is 11.3 Å². The number of aryl methyl sites for hydroxylation is 2. The summed E-state index contributed by atoms with van der Waals surface area (Å²) in [4.78, 5) is 74.1. The van der Waals surface area contributed by atoms with Crippen molar-refractivity contribution in [3.8, 4) is 22.1 Å². The number of aromatic hydroxyl groups is 1. The van der Waals surface area contributed by atoms with Crippen molar-refractivity contribution in [2.45, 2.75) is 39.5 Å². The first-order valence-electron chi connectivity index (χ1n) is 18.5. The second-order valence-corrected chi connectivity index (χ2v) is 17.9. The largest absolute Gasteiger partial charge is 0.504 e. The van der Waals surface area contributed by atoms with Crippen LogP contribution in [0.1, 0.15) is 54.1 Å². The van der Waals surface area contributed by atoms with Crippen molar-refractivity contribution >= 4 is 89.9 Å². The van der Waals surface area contributed by atoms with Gasteiger partial charge >= 0.3 is 0 Å². The van der Waals surface area contributed by atoms with Gasteiger partial charge in [-0.1, -0.05) is 39.2 Å². The van der Waals surface area contributed by atoms with Crippen LogP contribution in [0.4, 0.5) is 11.5 Å². The Hall–Kier alpha value is -5.11. The van der Waals surface area contributed by atoms with Gasteiger partial charge in [-0.05, 0) is 105 Å². The summed E-state index contributed by atoms with van der Waals surface area (Å²) in [5.74, 6) is -5.45. The molecule has 2 aliphatic carbocycles. The van der Waals surface area contributed by atoms with E-state index in [1.807, 2.05) is 31.2 Å². The maximum atomic E-state index is 15.2. The predicted molar refractivity (Wildman–Crippen MR) is 220 cm³/mol. The molecule has 4 aliphatic rings. The highest BCUT2D eigenvalue weighted by molar-refractivity contribution is 9.10. The van der Waals surface area contributed by atoms with E-state index in [9.17, 15) is 24.3 Å². The van der Waals surface area contributed by atoms with Crippen molar-refractivity contribution in [1.82, 2.24) is 9.78 Å². The molecule has 290 valence electrons. The molecule has 0 bridgehead atoms. The minimum atomic E-state index is -1.42. The third-order valence-corrected chi connectivity index (χ3v) is 14.6. The molecule has 5 aromatic rings. The molecule has 2 aliphatic heterocycles. The number of nitrogens with zero attached hydrogens (tertiary/aromatic N) is 4. The number of allylic oxidation sites excluding steroid dienone is 2. The fourth-order valence-corrected chi connectivity index (χ4v) is 11.6. The number of benzene rings is 3. The van der Waals surface area contributed by atoms with E-state index >= 15 is 4.79 Å². The molecule has 0 spiro atoms. The summed E-state index contributed by atoms with van der Waals surface area (Å²) >= 11 is 11.4. The zero-order valence-electron chi connectivity index (χ0n) is 31.5. The topological polar surface area (TPSA) is 139 Å². The van der Waals surface area contributed by atoms with Crippen molar-refractivity contribution in [1.29, 1.82) is 0 Å². The highest BCUT2D eigenvalue weighted by Crippen LogP contribution is 2.65. The molecule has 0 unspecified atom stereocenters. The lowest BCUT2D eigenvalue weighted by atomic mass is 9.51. The molecule has 4 amide bonds. The van der Waals surface area contributed by atoms with Crippen molar-refractivity contribution < 1.29 is 33.8 Å². The highest BCUT2D eigenvalue weighted by Gasteiger charge is 2.68. The standard InChI is InChI=1S/C43H36BrClN4O7S/c1-19-27-16-23(45)8-13-33(27)57-38(19)31-18-34(47(4)46-31)49-40(53)30-17-28-25(36(43(30,3)42(49)55)29-14-22(44)15-32(56-5)37(29)51)11-12-26-35(28)41(54)48(39(26)52)24-9-6-21(7-10-24)20(2)50/h6-11,13-16,18,26,28,30,35-36,51H,12,17H2,1-5H3/t26-,28+,30-,35-,36+,43+/m0/s1. The Kier molecular flexibility index (Phi) is 8.69. The minimum Gasteiger partial charge on any atom is -0.504 e. The molecule has 4 heterocycles. The Morgan fingerprint density at radius 2 is 1.74 bits per heavy atom. The Morgan fingerprint density at radius 1 is 1.00 bits per heavy atom. The number of rotatable bonds is 6. The van der Waals surface area contributed by atoms with Crippen LogP contribution in [0.5, 0.6) is 11.5 Å². The van der Waals surface area contributed by atoms with Gasteiger partial charge in [0.1, 0.15) is 11.5 Å². The number of halogens is 2. The minimum absolute atomic E-state index is 0.129. The summed E-state index contributed by atoms with van der Waals surface area (Å²) < 4.78 is 8.70. The molecule has 2 aromatic heterocycles. The fourth-order valence-electron chi connectivity index (χ4n) is 9.86. The summed E-state index contributed by atoms with van der Waals surface area (Å²) in [6.45, 7) is 5.20. The molecule has 1 N–H and O–H groups in total. The number of Topliss-reactive ketones (excluding diaryl/α,β-unsaturated/α-hetero) is 1. The van der Waals surface area contributed by atoms with Crippen molar-refractivity contribution in [3.05, 3.63) is 98.5 Å². The van der Waals surface area contributed by atoms with Crippen LogP contribution in [0, 0.1) is 36.0 Å². The average molecular weight is 868 g/mol. The number of carbonyl (C=O) groups excluding carboxylic acids is 5. The zero-order valence-corrected chi connectivity index (χ0v) is 34.7. The number of ketones is 1. The predicted octanol–water partition coefficient (Wildman–Crippen LogP) is 8.38. The summed E-state index contributed by atoms with van der Waals surface area (Å²) in [5.41, 5.74) is 2.05. The molecule has 0 radical (unpaired) electrons. The lowest BCUT2D eigenvalue weighted by molar-refractivity contribution is -0.131. The SMILES string of the molecule is COc1cc(Br)cc([C@H]2C3=CC[C@@H]4C(=O)N(c5ccc(C(C)=O)cc5)C(=O)[C@@H]4[C@@H]3C[C@H]3C(=O)N(c4cc(-c5sc6ccc(Cl)cc6c5C)nn4C)C(=O)[C@@]23C)c1O. The lowest BCUT2D eigenvalue weighted by Crippen LogP contribution is -2.49. The van der Waals surface area contributed by atoms with Crippen LogP contribution in [0.25, 0.3) is 20.7 Å². The van der Waals surface area contributed by atoms with Crippen LogP contribution in [-0.2, 0) is 26.2 Å². The Morgan fingerprint density at radius 3 is 2.44 bits per heavy atom. The van der Waals surface area contributed by atoms with Crippen molar-refractivity contribution in [2.75, 3.05) is 16.9 Å². The first-order valence-corrected chi connectivity index (χ1v) is 20.5. The van der Waals surface area contributed by atoms with Gasteiger partial charge < -0.3 is 9.84 Å². The number of hydrogen-bond donors (Lipinski definition) is 1. The number of thiophene rings is 1. The summed E-state index contributed by atoms with van der Waals surface area (Å²) in [6, 6.07) is 17.2. The molecule has 3 fully saturated rings. The normalized spacial score (nSPS) is 25.5. The summed E-state index contributed by atoms with van der Waals surface area (Å²) in [5, 5.41) is 18.2. The van der Waals surface area contributed by atoms with E-state index in [1.54, 1.807) is 67.8 Å². The number of ether oxygens (including phenoxy) is 1. The second-order valence-electron chi connectivity index (χ2n) is 15.5. The van der Waals surface area contributed by atoms with Crippen LogP contribution >= 0.6 is 38.9 Å². The molecule has 9 rings (SSSR count). The van der Waals surface area contributed by atoms with Gasteiger partial charge in [0.25, 0.3) is 0 Å². The first-order chi connectivity index (χ1) is 27.1. The van der Waals surface area contributed by atoms with E-state index in [-0.39, 0.29) is 36.0 Å². The number of amides is 4. The zero-order chi connectivity index (χ0) is 40.4. The number of hydrogen-bond acceptors (Lipinski definition) is 9. The fraction of sp³-hybridized carbons (Fsp3) is 0.302. The first kappa shape index (κ1) is 37.5. The maximum absolute atomic E-state index is 15.2. The van der Waals surface area contributed by atoms with E-state index in [2.05, 4.69) is 15.9 Å². The average Bonchev–Trinajstić information content (AvgIpc) is 3.85.